The molecule has 176 valence electrons. The number of hydrazone groups is 1. The molecule has 0 spiro atoms. The van der Waals surface area contributed by atoms with Crippen LogP contribution in [0.3, 0.4) is 0 Å². The number of hydrogen-bond donors (Lipinski definition) is 1. The van der Waals surface area contributed by atoms with Gasteiger partial charge >= 0.3 is 0 Å². The summed E-state index contributed by atoms with van der Waals surface area (Å²) in [6.07, 6.45) is 3.68. The van der Waals surface area contributed by atoms with Gasteiger partial charge in [0.2, 0.25) is 5.17 Å². The minimum atomic E-state index is -0.475. The van der Waals surface area contributed by atoms with Crippen molar-refractivity contribution in [3.8, 4) is 0 Å². The van der Waals surface area contributed by atoms with E-state index in [1.165, 1.54) is 16.8 Å². The number of fused-ring (bicyclic) bond motifs is 2. The molecule has 1 aromatic heterocycles. The van der Waals surface area contributed by atoms with Gasteiger partial charge in [-0.05, 0) is 41.6 Å². The Morgan fingerprint density at radius 2 is 1.67 bits per heavy atom. The Morgan fingerprint density at radius 3 is 2.47 bits per heavy atom. The van der Waals surface area contributed by atoms with Crippen molar-refractivity contribution in [3.63, 3.8) is 0 Å². The van der Waals surface area contributed by atoms with Crippen LogP contribution in [-0.2, 0) is 11.3 Å². The van der Waals surface area contributed by atoms with Crippen molar-refractivity contribution < 1.29 is 4.79 Å². The molecule has 6 rings (SSSR count). The molecule has 0 fully saturated rings. The lowest BCUT2D eigenvalue weighted by Crippen LogP contribution is -2.35. The fourth-order valence-electron chi connectivity index (χ4n) is 4.22. The van der Waals surface area contributed by atoms with Gasteiger partial charge in [-0.1, -0.05) is 77.8 Å². The highest BCUT2D eigenvalue weighted by Gasteiger charge is 2.36. The fraction of sp³-hybridized carbons (Fsp3) is 0.0370. The van der Waals surface area contributed by atoms with Crippen molar-refractivity contribution in [2.45, 2.75) is 6.54 Å². The van der Waals surface area contributed by atoms with Gasteiger partial charge in [0.1, 0.15) is 5.04 Å². The number of thioether (sulfide) groups is 1. The molecular formula is C27H17Cl2N5OS. The zero-order valence-corrected chi connectivity index (χ0v) is 21.0. The molecule has 6 nitrogen and oxygen atoms in total. The lowest BCUT2D eigenvalue weighted by Gasteiger charge is -2.20. The summed E-state index contributed by atoms with van der Waals surface area (Å²) in [6.45, 7) is 0.575. The van der Waals surface area contributed by atoms with Gasteiger partial charge in [0, 0.05) is 39.8 Å². The topological polar surface area (TPSA) is 73.8 Å². The molecule has 4 aromatic rings. The number of rotatable bonds is 4. The maximum Gasteiger partial charge on any atom is 0.283 e. The lowest BCUT2D eigenvalue weighted by molar-refractivity contribution is -0.114. The summed E-state index contributed by atoms with van der Waals surface area (Å²) >= 11 is 14.0. The Morgan fingerprint density at radius 1 is 0.944 bits per heavy atom. The van der Waals surface area contributed by atoms with Crippen molar-refractivity contribution in [1.29, 1.82) is 5.41 Å². The van der Waals surface area contributed by atoms with E-state index in [0.29, 0.717) is 26.8 Å². The van der Waals surface area contributed by atoms with Gasteiger partial charge in [0.15, 0.2) is 5.84 Å². The van der Waals surface area contributed by atoms with Crippen LogP contribution in [0.5, 0.6) is 0 Å². The molecule has 3 heterocycles. The number of amidine groups is 2. The number of benzene rings is 3. The number of hydrogen-bond acceptors (Lipinski definition) is 4. The van der Waals surface area contributed by atoms with E-state index in [1.54, 1.807) is 12.1 Å². The van der Waals surface area contributed by atoms with E-state index in [2.05, 4.69) is 14.7 Å². The zero-order chi connectivity index (χ0) is 24.8. The van der Waals surface area contributed by atoms with Gasteiger partial charge in [0.25, 0.3) is 5.91 Å². The van der Waals surface area contributed by atoms with E-state index >= 15 is 0 Å². The molecule has 0 aliphatic carbocycles. The summed E-state index contributed by atoms with van der Waals surface area (Å²) in [6, 6.07) is 23.0. The van der Waals surface area contributed by atoms with E-state index in [1.807, 2.05) is 72.9 Å². The predicted octanol–water partition coefficient (Wildman–Crippen LogP) is 6.66. The number of carbonyl (C=O) groups is 1. The molecule has 1 N–H and O–H groups in total. The molecule has 2 aliphatic heterocycles. The Kier molecular flexibility index (Phi) is 5.76. The summed E-state index contributed by atoms with van der Waals surface area (Å²) in [5.74, 6) is -0.500. The van der Waals surface area contributed by atoms with Crippen LogP contribution in [0.1, 0.15) is 16.7 Å². The summed E-state index contributed by atoms with van der Waals surface area (Å²) in [5.41, 5.74) is 3.70. The zero-order valence-electron chi connectivity index (χ0n) is 18.7. The summed E-state index contributed by atoms with van der Waals surface area (Å²) < 4.78 is 2.09. The minimum Gasteiger partial charge on any atom is -0.342 e. The summed E-state index contributed by atoms with van der Waals surface area (Å²) in [7, 11) is 0. The minimum absolute atomic E-state index is 0.0255. The smallest absolute Gasteiger partial charge is 0.283 e. The second-order valence-electron chi connectivity index (χ2n) is 8.23. The third-order valence-corrected chi connectivity index (χ3v) is 7.62. The molecule has 0 atom stereocenters. The molecule has 2 aliphatic rings. The van der Waals surface area contributed by atoms with Crippen LogP contribution in [0.15, 0.2) is 94.7 Å². The third-order valence-electron chi connectivity index (χ3n) is 5.98. The number of carbonyl (C=O) groups excluding carboxylic acids is 1. The van der Waals surface area contributed by atoms with E-state index < -0.39 is 5.91 Å². The average molecular weight is 530 g/mol. The second kappa shape index (κ2) is 9.09. The van der Waals surface area contributed by atoms with Crippen molar-refractivity contribution >= 4 is 73.9 Å². The molecule has 9 heteroatoms. The van der Waals surface area contributed by atoms with Crippen LogP contribution < -0.4 is 0 Å². The molecular weight excluding hydrogens is 513 g/mol. The monoisotopic (exact) mass is 529 g/mol. The molecule has 3 aromatic carbocycles. The highest BCUT2D eigenvalue weighted by Crippen LogP contribution is 2.34. The SMILES string of the molecule is N=C1/C(=C/c2cn(Cc3ccccc3Cl)c3ccccc23)C(=O)N=C2SC(c3ccccc3Cl)=NN12. The normalized spacial score (nSPS) is 16.5. The van der Waals surface area contributed by atoms with Crippen molar-refractivity contribution in [3.05, 3.63) is 111 Å². The average Bonchev–Trinajstić information content (AvgIpc) is 3.45. The quantitative estimate of drug-likeness (QED) is 0.300. The van der Waals surface area contributed by atoms with E-state index in [4.69, 9.17) is 28.6 Å². The van der Waals surface area contributed by atoms with Crippen LogP contribution in [0.2, 0.25) is 10.0 Å². The molecule has 1 amide bonds. The van der Waals surface area contributed by atoms with Crippen LogP contribution in [0.4, 0.5) is 0 Å². The maximum atomic E-state index is 13.0. The predicted molar refractivity (Wildman–Crippen MR) is 148 cm³/mol. The highest BCUT2D eigenvalue weighted by atomic mass is 35.5. The molecule has 0 radical (unpaired) electrons. The van der Waals surface area contributed by atoms with Gasteiger partial charge in [-0.2, -0.15) is 15.1 Å². The van der Waals surface area contributed by atoms with Crippen LogP contribution in [0.25, 0.3) is 17.0 Å². The van der Waals surface area contributed by atoms with E-state index in [9.17, 15) is 4.79 Å². The standard InChI is InChI=1S/C27H17Cl2N5OS/c28-21-10-4-1-7-16(21)14-33-15-17(18-8-3-6-12-23(18)33)13-20-24(30)34-27(31-25(20)35)36-26(32-34)19-9-2-5-11-22(19)29/h1-13,15,30H,14H2/b20-13-,30-24?. The fourth-order valence-corrected chi connectivity index (χ4v) is 5.63. The molecule has 0 saturated heterocycles. The molecule has 0 bridgehead atoms. The highest BCUT2D eigenvalue weighted by molar-refractivity contribution is 8.27. The first-order valence-electron chi connectivity index (χ1n) is 11.1. The van der Waals surface area contributed by atoms with E-state index in [0.717, 1.165) is 27.6 Å². The van der Waals surface area contributed by atoms with Gasteiger partial charge in [-0.15, -0.1) is 0 Å². The van der Waals surface area contributed by atoms with Gasteiger partial charge in [-0.25, -0.2) is 0 Å². The van der Waals surface area contributed by atoms with Gasteiger partial charge in [0.05, 0.1) is 10.6 Å². The van der Waals surface area contributed by atoms with Crippen molar-refractivity contribution in [2.24, 2.45) is 10.1 Å². The van der Waals surface area contributed by atoms with Gasteiger partial charge < -0.3 is 4.57 Å². The third kappa shape index (κ3) is 3.95. The maximum absolute atomic E-state index is 13.0. The molecule has 36 heavy (non-hydrogen) atoms. The van der Waals surface area contributed by atoms with E-state index in [-0.39, 0.29) is 11.4 Å². The number of nitrogens with one attached hydrogen (secondary N) is 1. The number of aromatic nitrogens is 1. The Balaban J connectivity index is 1.39. The number of para-hydroxylation sites is 1. The number of halogens is 2. The van der Waals surface area contributed by atoms with Crippen LogP contribution in [0, 0.1) is 5.41 Å². The molecule has 0 unspecified atom stereocenters. The number of amides is 1. The summed E-state index contributed by atoms with van der Waals surface area (Å²) in [4.78, 5) is 17.2. The molecule has 0 saturated carbocycles. The first-order valence-corrected chi connectivity index (χ1v) is 12.6. The first-order chi connectivity index (χ1) is 17.5. The first kappa shape index (κ1) is 22.8. The van der Waals surface area contributed by atoms with Crippen molar-refractivity contribution in [1.82, 2.24) is 9.58 Å². The van der Waals surface area contributed by atoms with Crippen LogP contribution >= 0.6 is 35.0 Å². The van der Waals surface area contributed by atoms with Gasteiger partial charge in [-0.3, -0.25) is 10.2 Å². The number of aliphatic imine (C=N–C) groups is 1. The van der Waals surface area contributed by atoms with Crippen LogP contribution in [-0.4, -0.2) is 31.5 Å². The number of nitrogens with zero attached hydrogens (tertiary/aromatic N) is 4. The largest absolute Gasteiger partial charge is 0.342 e. The van der Waals surface area contributed by atoms with Crippen molar-refractivity contribution in [2.75, 3.05) is 0 Å². The second-order valence-corrected chi connectivity index (χ2v) is 10.00. The lowest BCUT2D eigenvalue weighted by atomic mass is 10.1. The summed E-state index contributed by atoms with van der Waals surface area (Å²) in [5, 5.41) is 17.8. The Hall–Kier alpha value is -3.65. The Labute approximate surface area is 221 Å². The Bertz CT molecular complexity index is 1670.